The first-order valence-corrected chi connectivity index (χ1v) is 10.4. The van der Waals surface area contributed by atoms with Crippen LogP contribution < -0.4 is 5.32 Å². The summed E-state index contributed by atoms with van der Waals surface area (Å²) in [5.74, 6) is 0.0943. The number of aromatic nitrogens is 2. The highest BCUT2D eigenvalue weighted by Crippen LogP contribution is 2.39. The number of nitrogens with zero attached hydrogens (tertiary/aromatic N) is 4. The summed E-state index contributed by atoms with van der Waals surface area (Å²) in [6.07, 6.45) is 4.86. The Labute approximate surface area is 163 Å². The number of imidazole rings is 1. The number of fused-ring (bicyclic) bond motifs is 1. The van der Waals surface area contributed by atoms with E-state index in [0.29, 0.717) is 6.54 Å². The molecule has 2 fully saturated rings. The third-order valence-electron chi connectivity index (χ3n) is 6.11. The molecule has 146 valence electrons. The van der Waals surface area contributed by atoms with Gasteiger partial charge in [-0.1, -0.05) is 0 Å². The van der Waals surface area contributed by atoms with E-state index in [1.54, 1.807) is 25.2 Å². The number of likely N-dealkylation sites (tertiary alicyclic amines) is 2. The number of nitrogens with one attached hydrogen (secondary N) is 1. The molecule has 0 saturated carbocycles. The second-order valence-electron chi connectivity index (χ2n) is 7.93. The van der Waals surface area contributed by atoms with Crippen molar-refractivity contribution in [3.05, 3.63) is 23.0 Å². The zero-order valence-electron chi connectivity index (χ0n) is 16.2. The molecule has 27 heavy (non-hydrogen) atoms. The summed E-state index contributed by atoms with van der Waals surface area (Å²) in [6, 6.07) is 0.0699. The molecule has 0 radical (unpaired) electrons. The maximum absolute atomic E-state index is 12.2. The number of carbonyl (C=O) groups excluding carboxylic acids is 2. The van der Waals surface area contributed by atoms with E-state index >= 15 is 0 Å². The Balaban J connectivity index is 1.45. The van der Waals surface area contributed by atoms with Crippen molar-refractivity contribution >= 4 is 28.1 Å². The molecule has 0 aliphatic carbocycles. The Kier molecular flexibility index (Phi) is 4.71. The molecule has 2 aliphatic rings. The van der Waals surface area contributed by atoms with Crippen molar-refractivity contribution in [2.45, 2.75) is 58.2 Å². The second kappa shape index (κ2) is 6.91. The van der Waals surface area contributed by atoms with Gasteiger partial charge in [-0.25, -0.2) is 4.98 Å². The van der Waals surface area contributed by atoms with E-state index in [9.17, 15) is 9.59 Å². The van der Waals surface area contributed by atoms with Crippen LogP contribution in [0, 0.1) is 6.92 Å². The molecule has 7 nitrogen and oxygen atoms in total. The summed E-state index contributed by atoms with van der Waals surface area (Å²) in [5.41, 5.74) is 2.24. The van der Waals surface area contributed by atoms with E-state index in [2.05, 4.69) is 38.1 Å². The zero-order valence-corrected chi connectivity index (χ0v) is 17.0. The van der Waals surface area contributed by atoms with Crippen LogP contribution in [-0.4, -0.2) is 62.2 Å². The molecule has 2 aromatic rings. The van der Waals surface area contributed by atoms with Crippen LogP contribution in [0.4, 0.5) is 0 Å². The molecular formula is C19H27N5O2S. The number of aryl methyl sites for hydroxylation is 1. The minimum atomic E-state index is -0.111. The van der Waals surface area contributed by atoms with Gasteiger partial charge < -0.3 is 10.2 Å². The first kappa shape index (κ1) is 18.4. The van der Waals surface area contributed by atoms with E-state index in [1.165, 1.54) is 5.69 Å². The number of thiazole rings is 1. The lowest BCUT2D eigenvalue weighted by Gasteiger charge is -2.44. The Morgan fingerprint density at radius 2 is 2.07 bits per heavy atom. The minimum absolute atomic E-state index is 0.0195. The van der Waals surface area contributed by atoms with Crippen molar-refractivity contribution < 1.29 is 9.59 Å². The van der Waals surface area contributed by atoms with Crippen LogP contribution in [0.15, 0.2) is 11.6 Å². The largest absolute Gasteiger partial charge is 0.352 e. The van der Waals surface area contributed by atoms with Crippen LogP contribution >= 0.6 is 11.3 Å². The van der Waals surface area contributed by atoms with Gasteiger partial charge >= 0.3 is 0 Å². The molecule has 4 rings (SSSR count). The van der Waals surface area contributed by atoms with Gasteiger partial charge in [0.1, 0.15) is 0 Å². The number of amides is 2. The molecule has 1 spiro atoms. The third kappa shape index (κ3) is 3.36. The van der Waals surface area contributed by atoms with Crippen LogP contribution in [0.3, 0.4) is 0 Å². The lowest BCUT2D eigenvalue weighted by molar-refractivity contribution is -0.134. The number of carbonyl (C=O) groups is 2. The molecule has 2 aliphatic heterocycles. The molecule has 1 N–H and O–H groups in total. The maximum atomic E-state index is 12.2. The summed E-state index contributed by atoms with van der Waals surface area (Å²) in [5, 5.41) is 5.08. The first-order valence-electron chi connectivity index (χ1n) is 9.57. The van der Waals surface area contributed by atoms with Gasteiger partial charge in [-0.3, -0.25) is 18.9 Å². The summed E-state index contributed by atoms with van der Waals surface area (Å²) in [7, 11) is 0. The van der Waals surface area contributed by atoms with E-state index in [1.807, 2.05) is 4.90 Å². The van der Waals surface area contributed by atoms with Crippen molar-refractivity contribution in [1.29, 1.82) is 0 Å². The quantitative estimate of drug-likeness (QED) is 0.869. The summed E-state index contributed by atoms with van der Waals surface area (Å²) < 4.78 is 2.19. The van der Waals surface area contributed by atoms with Gasteiger partial charge in [0.15, 0.2) is 4.96 Å². The maximum Gasteiger partial charge on any atom is 0.219 e. The smallest absolute Gasteiger partial charge is 0.219 e. The third-order valence-corrected chi connectivity index (χ3v) is 6.87. The molecule has 0 bridgehead atoms. The molecule has 2 saturated heterocycles. The Hall–Kier alpha value is -1.93. The molecule has 4 heterocycles. The standard InChI is InChI=1S/C19H27N5O2S/c1-13-17(23-8-9-27-18(23)20-13)12-22-6-4-19(5-7-22)10-16(21-14(2)25)11-24(19)15(3)26/h8-9,16H,4-7,10-12H2,1-3H3,(H,21,25)/t16-/m1/s1. The van der Waals surface area contributed by atoms with Crippen molar-refractivity contribution in [3.63, 3.8) is 0 Å². The molecule has 8 heteroatoms. The van der Waals surface area contributed by atoms with E-state index in [0.717, 1.165) is 49.6 Å². The Bertz CT molecular complexity index is 865. The second-order valence-corrected chi connectivity index (χ2v) is 8.80. The predicted molar refractivity (Wildman–Crippen MR) is 105 cm³/mol. The van der Waals surface area contributed by atoms with Crippen molar-refractivity contribution in [2.75, 3.05) is 19.6 Å². The van der Waals surface area contributed by atoms with Crippen LogP contribution in [0.25, 0.3) is 4.96 Å². The fourth-order valence-electron chi connectivity index (χ4n) is 4.84. The number of rotatable bonds is 3. The Morgan fingerprint density at radius 1 is 1.33 bits per heavy atom. The Morgan fingerprint density at radius 3 is 2.74 bits per heavy atom. The molecule has 0 unspecified atom stereocenters. The van der Waals surface area contributed by atoms with E-state index in [-0.39, 0.29) is 23.4 Å². The highest BCUT2D eigenvalue weighted by molar-refractivity contribution is 7.15. The summed E-state index contributed by atoms with van der Waals surface area (Å²) in [4.78, 5) is 33.9. The van der Waals surface area contributed by atoms with Crippen molar-refractivity contribution in [2.24, 2.45) is 0 Å². The predicted octanol–water partition coefficient (Wildman–Crippen LogP) is 1.80. The highest BCUT2D eigenvalue weighted by atomic mass is 32.1. The monoisotopic (exact) mass is 389 g/mol. The minimum Gasteiger partial charge on any atom is -0.352 e. The van der Waals surface area contributed by atoms with E-state index in [4.69, 9.17) is 0 Å². The SMILES string of the molecule is CC(=O)N[C@H]1CN(C(C)=O)C2(CCN(Cc3c(C)nc4sccn34)CC2)C1. The normalized spacial score (nSPS) is 22.6. The van der Waals surface area contributed by atoms with Crippen LogP contribution in [0.2, 0.25) is 0 Å². The van der Waals surface area contributed by atoms with Gasteiger partial charge in [0.05, 0.1) is 11.4 Å². The van der Waals surface area contributed by atoms with Gasteiger partial charge in [0.2, 0.25) is 11.8 Å². The first-order chi connectivity index (χ1) is 12.9. The fraction of sp³-hybridized carbons (Fsp3) is 0.632. The lowest BCUT2D eigenvalue weighted by atomic mass is 9.84. The van der Waals surface area contributed by atoms with Crippen LogP contribution in [-0.2, 0) is 16.1 Å². The highest BCUT2D eigenvalue weighted by Gasteiger charge is 2.48. The fourth-order valence-corrected chi connectivity index (χ4v) is 5.62. The molecule has 0 aromatic carbocycles. The lowest BCUT2D eigenvalue weighted by Crippen LogP contribution is -2.53. The number of piperidine rings is 1. The number of hydrogen-bond donors (Lipinski definition) is 1. The molecular weight excluding hydrogens is 362 g/mol. The topological polar surface area (TPSA) is 70.0 Å². The molecule has 1 atom stereocenters. The summed E-state index contributed by atoms with van der Waals surface area (Å²) >= 11 is 1.66. The van der Waals surface area contributed by atoms with E-state index < -0.39 is 0 Å². The van der Waals surface area contributed by atoms with Crippen LogP contribution in [0.5, 0.6) is 0 Å². The van der Waals surface area contributed by atoms with Crippen molar-refractivity contribution in [1.82, 2.24) is 24.5 Å². The van der Waals surface area contributed by atoms with Gasteiger partial charge in [-0.05, 0) is 26.2 Å². The van der Waals surface area contributed by atoms with Gasteiger partial charge in [0.25, 0.3) is 0 Å². The van der Waals surface area contributed by atoms with Crippen LogP contribution in [0.1, 0.15) is 44.5 Å². The average molecular weight is 390 g/mol. The summed E-state index contributed by atoms with van der Waals surface area (Å²) in [6.45, 7) is 8.69. The van der Waals surface area contributed by atoms with Gasteiger partial charge in [-0.15, -0.1) is 11.3 Å². The molecule has 2 amide bonds. The number of hydrogen-bond acceptors (Lipinski definition) is 5. The van der Waals surface area contributed by atoms with Crippen molar-refractivity contribution in [3.8, 4) is 0 Å². The molecule has 2 aromatic heterocycles. The average Bonchev–Trinajstić information content (AvgIpc) is 3.25. The van der Waals surface area contributed by atoms with Gasteiger partial charge in [-0.2, -0.15) is 0 Å². The zero-order chi connectivity index (χ0) is 19.2. The van der Waals surface area contributed by atoms with Gasteiger partial charge in [0, 0.05) is 63.2 Å².